The molecule has 0 spiro atoms. The summed E-state index contributed by atoms with van der Waals surface area (Å²) in [5, 5.41) is 8.83. The number of esters is 1. The summed E-state index contributed by atoms with van der Waals surface area (Å²) >= 11 is 0. The minimum Gasteiger partial charge on any atom is -0.463 e. The van der Waals surface area contributed by atoms with Gasteiger partial charge in [0.2, 0.25) is 17.7 Å². The van der Waals surface area contributed by atoms with E-state index in [1.807, 2.05) is 4.90 Å². The summed E-state index contributed by atoms with van der Waals surface area (Å²) in [7, 11) is 1.24. The highest BCUT2D eigenvalue weighted by Gasteiger charge is 2.27. The first kappa shape index (κ1) is 15.8. The maximum absolute atomic E-state index is 12.4. The van der Waals surface area contributed by atoms with Gasteiger partial charge in [-0.15, -0.1) is 5.10 Å². The van der Waals surface area contributed by atoms with Crippen molar-refractivity contribution in [3.63, 3.8) is 0 Å². The minimum atomic E-state index is -0.644. The van der Waals surface area contributed by atoms with E-state index in [-0.39, 0.29) is 23.6 Å². The fraction of sp³-hybridized carbons (Fsp3) is 0.429. The monoisotopic (exact) mass is 331 g/mol. The van der Waals surface area contributed by atoms with E-state index in [0.29, 0.717) is 6.54 Å². The van der Waals surface area contributed by atoms with Gasteiger partial charge in [-0.25, -0.2) is 9.78 Å². The highest BCUT2D eigenvalue weighted by Crippen LogP contribution is 2.21. The number of ether oxygens (including phenoxy) is 1. The van der Waals surface area contributed by atoms with E-state index in [9.17, 15) is 9.59 Å². The molecule has 0 unspecified atom stereocenters. The van der Waals surface area contributed by atoms with Crippen molar-refractivity contribution in [2.24, 2.45) is 5.92 Å². The van der Waals surface area contributed by atoms with E-state index in [2.05, 4.69) is 35.2 Å². The molecule has 2 aromatic rings. The number of methoxy groups -OCH3 is 1. The Morgan fingerprint density at radius 3 is 3.04 bits per heavy atom. The number of hydrogen-bond acceptors (Lipinski definition) is 8. The first-order chi connectivity index (χ1) is 11.7. The van der Waals surface area contributed by atoms with Crippen LogP contribution in [0.25, 0.3) is 0 Å². The van der Waals surface area contributed by atoms with Crippen molar-refractivity contribution >= 4 is 23.6 Å². The zero-order chi connectivity index (χ0) is 16.9. The molecular weight excluding hydrogens is 314 g/mol. The topological polar surface area (TPSA) is 126 Å². The van der Waals surface area contributed by atoms with Gasteiger partial charge in [-0.3, -0.25) is 20.2 Å². The van der Waals surface area contributed by atoms with Crippen molar-refractivity contribution < 1.29 is 14.3 Å². The Labute approximate surface area is 137 Å². The summed E-state index contributed by atoms with van der Waals surface area (Å²) in [6.07, 6.45) is 6.55. The van der Waals surface area contributed by atoms with Gasteiger partial charge >= 0.3 is 5.97 Å². The molecule has 24 heavy (non-hydrogen) atoms. The van der Waals surface area contributed by atoms with Crippen LogP contribution in [0, 0.1) is 5.92 Å². The lowest BCUT2D eigenvalue weighted by Crippen LogP contribution is -2.41. The van der Waals surface area contributed by atoms with E-state index in [4.69, 9.17) is 0 Å². The number of carbonyl (C=O) groups is 2. The first-order valence-corrected chi connectivity index (χ1v) is 7.50. The van der Waals surface area contributed by atoms with Crippen LogP contribution in [0.5, 0.6) is 0 Å². The maximum Gasteiger partial charge on any atom is 0.375 e. The SMILES string of the molecule is COC(=O)c1nc(NC(=O)[C@H]2CCCN(c3cnccn3)C2)n[nH]1. The van der Waals surface area contributed by atoms with Gasteiger partial charge in [0, 0.05) is 25.5 Å². The summed E-state index contributed by atoms with van der Waals surface area (Å²) < 4.78 is 4.53. The number of anilines is 2. The molecule has 3 rings (SSSR count). The minimum absolute atomic E-state index is 0.0528. The van der Waals surface area contributed by atoms with E-state index >= 15 is 0 Å². The molecule has 0 bridgehead atoms. The molecule has 1 amide bonds. The van der Waals surface area contributed by atoms with Crippen LogP contribution in [0.4, 0.5) is 11.8 Å². The predicted molar refractivity (Wildman–Crippen MR) is 83.3 cm³/mol. The van der Waals surface area contributed by atoms with Crippen LogP contribution in [0.2, 0.25) is 0 Å². The fourth-order valence-electron chi connectivity index (χ4n) is 2.57. The second-order valence-electron chi connectivity index (χ2n) is 5.34. The Morgan fingerprint density at radius 1 is 1.42 bits per heavy atom. The van der Waals surface area contributed by atoms with Gasteiger partial charge < -0.3 is 9.64 Å². The Morgan fingerprint density at radius 2 is 2.29 bits per heavy atom. The summed E-state index contributed by atoms with van der Waals surface area (Å²) in [6, 6.07) is 0. The molecule has 0 saturated carbocycles. The van der Waals surface area contributed by atoms with Gasteiger partial charge in [0.1, 0.15) is 5.82 Å². The molecule has 3 heterocycles. The summed E-state index contributed by atoms with van der Waals surface area (Å²) in [4.78, 5) is 38.0. The normalized spacial score (nSPS) is 17.4. The number of H-pyrrole nitrogens is 1. The summed E-state index contributed by atoms with van der Waals surface area (Å²) in [5.74, 6) is -0.315. The number of carbonyl (C=O) groups excluding carboxylic acids is 2. The second kappa shape index (κ2) is 7.02. The second-order valence-corrected chi connectivity index (χ2v) is 5.34. The Kier molecular flexibility index (Phi) is 4.64. The van der Waals surface area contributed by atoms with E-state index < -0.39 is 5.97 Å². The standard InChI is InChI=1S/C14H17N7O3/c1-24-13(23)11-17-14(20-19-11)18-12(22)9-3-2-6-21(8-9)10-7-15-4-5-16-10/h4-5,7,9H,2-3,6,8H2,1H3,(H2,17,18,19,20,22)/t9-/m0/s1. The smallest absolute Gasteiger partial charge is 0.375 e. The molecule has 0 aromatic carbocycles. The highest BCUT2D eigenvalue weighted by atomic mass is 16.5. The summed E-state index contributed by atoms with van der Waals surface area (Å²) in [6.45, 7) is 1.37. The van der Waals surface area contributed by atoms with Gasteiger partial charge in [0.15, 0.2) is 0 Å². The number of aromatic nitrogens is 5. The van der Waals surface area contributed by atoms with Gasteiger partial charge in [-0.1, -0.05) is 0 Å². The molecular formula is C14H17N7O3. The van der Waals surface area contributed by atoms with Crippen LogP contribution in [-0.4, -0.2) is 57.2 Å². The third kappa shape index (κ3) is 3.47. The summed E-state index contributed by atoms with van der Waals surface area (Å²) in [5.41, 5.74) is 0. The van der Waals surface area contributed by atoms with Gasteiger partial charge in [0.05, 0.1) is 19.2 Å². The quantitative estimate of drug-likeness (QED) is 0.763. The molecule has 0 aliphatic carbocycles. The zero-order valence-electron chi connectivity index (χ0n) is 13.1. The van der Waals surface area contributed by atoms with Crippen molar-refractivity contribution in [1.82, 2.24) is 25.1 Å². The number of piperidine rings is 1. The number of hydrogen-bond donors (Lipinski definition) is 2. The number of nitrogens with one attached hydrogen (secondary N) is 2. The third-order valence-corrected chi connectivity index (χ3v) is 3.76. The van der Waals surface area contributed by atoms with Crippen molar-refractivity contribution in [2.75, 3.05) is 30.4 Å². The van der Waals surface area contributed by atoms with Crippen LogP contribution in [0.15, 0.2) is 18.6 Å². The maximum atomic E-state index is 12.4. The van der Waals surface area contributed by atoms with Crippen molar-refractivity contribution in [3.05, 3.63) is 24.4 Å². The Balaban J connectivity index is 1.62. The molecule has 10 heteroatoms. The van der Waals surface area contributed by atoms with Crippen LogP contribution in [0.3, 0.4) is 0 Å². The molecule has 1 saturated heterocycles. The molecule has 0 radical (unpaired) electrons. The number of rotatable bonds is 4. The average Bonchev–Trinajstić information content (AvgIpc) is 3.10. The molecule has 2 aromatic heterocycles. The zero-order valence-corrected chi connectivity index (χ0v) is 13.1. The lowest BCUT2D eigenvalue weighted by atomic mass is 9.97. The van der Waals surface area contributed by atoms with Gasteiger partial charge in [-0.05, 0) is 12.8 Å². The molecule has 10 nitrogen and oxygen atoms in total. The van der Waals surface area contributed by atoms with E-state index in [1.54, 1.807) is 18.6 Å². The van der Waals surface area contributed by atoms with E-state index in [0.717, 1.165) is 25.2 Å². The Hall–Kier alpha value is -3.04. The number of aromatic amines is 1. The molecule has 1 atom stereocenters. The first-order valence-electron chi connectivity index (χ1n) is 7.50. The van der Waals surface area contributed by atoms with Gasteiger partial charge in [0.25, 0.3) is 0 Å². The molecule has 1 aliphatic heterocycles. The highest BCUT2D eigenvalue weighted by molar-refractivity contribution is 5.92. The molecule has 1 fully saturated rings. The molecule has 126 valence electrons. The van der Waals surface area contributed by atoms with Crippen LogP contribution in [0.1, 0.15) is 23.5 Å². The largest absolute Gasteiger partial charge is 0.463 e. The van der Waals surface area contributed by atoms with E-state index in [1.165, 1.54) is 7.11 Å². The average molecular weight is 331 g/mol. The van der Waals surface area contributed by atoms with Crippen molar-refractivity contribution in [2.45, 2.75) is 12.8 Å². The lowest BCUT2D eigenvalue weighted by Gasteiger charge is -2.32. The predicted octanol–water partition coefficient (Wildman–Crippen LogP) is 0.236. The van der Waals surface area contributed by atoms with Crippen LogP contribution < -0.4 is 10.2 Å². The van der Waals surface area contributed by atoms with Crippen molar-refractivity contribution in [3.8, 4) is 0 Å². The fourth-order valence-corrected chi connectivity index (χ4v) is 2.57. The molecule has 1 aliphatic rings. The van der Waals surface area contributed by atoms with Crippen LogP contribution >= 0.6 is 0 Å². The van der Waals surface area contributed by atoms with Gasteiger partial charge in [-0.2, -0.15) is 4.98 Å². The number of amides is 1. The van der Waals surface area contributed by atoms with Crippen LogP contribution in [-0.2, 0) is 9.53 Å². The number of nitrogens with zero attached hydrogens (tertiary/aromatic N) is 5. The Bertz CT molecular complexity index is 718. The third-order valence-electron chi connectivity index (χ3n) is 3.76. The van der Waals surface area contributed by atoms with Crippen molar-refractivity contribution in [1.29, 1.82) is 0 Å². The lowest BCUT2D eigenvalue weighted by molar-refractivity contribution is -0.120. The molecule has 2 N–H and O–H groups in total.